The Morgan fingerprint density at radius 3 is 2.51 bits per heavy atom. The first-order valence-corrected chi connectivity index (χ1v) is 12.4. The molecule has 1 aromatic carbocycles. The summed E-state index contributed by atoms with van der Waals surface area (Å²) >= 11 is 0. The molecule has 2 fully saturated rings. The Balaban J connectivity index is 1.70. The molecule has 0 radical (unpaired) electrons. The lowest BCUT2D eigenvalue weighted by molar-refractivity contribution is -0.185. The van der Waals surface area contributed by atoms with Crippen LogP contribution in [0.1, 0.15) is 51.5 Å². The standard InChI is InChI=1S/C27H40N2O6/c1-5-14-28-25(33)35-23-12-13-26(2)20(21(31)10-11-22(26)27(23,3)17-30)15-24(32)29-16-18-6-8-19(34-4)9-7-18/h5-9,20-23,30-31H,1,10-17H2,2-4H3,(H,28,33)(H,29,32). The van der Waals surface area contributed by atoms with E-state index in [9.17, 15) is 19.8 Å². The Labute approximate surface area is 208 Å². The SMILES string of the molecule is C=CCNC(=O)OC1CCC2(C)C(CC(=O)NCc3ccc(OC)cc3)C(O)CCC2C1(C)CO. The van der Waals surface area contributed by atoms with Gasteiger partial charge in [-0.1, -0.05) is 32.1 Å². The first-order chi connectivity index (χ1) is 16.7. The molecule has 0 heterocycles. The van der Waals surface area contributed by atoms with Gasteiger partial charge in [0.05, 0.1) is 19.8 Å². The fourth-order valence-electron chi connectivity index (χ4n) is 6.32. The highest BCUT2D eigenvalue weighted by molar-refractivity contribution is 5.76. The monoisotopic (exact) mass is 488 g/mol. The average Bonchev–Trinajstić information content (AvgIpc) is 2.85. The molecular weight excluding hydrogens is 448 g/mol. The van der Waals surface area contributed by atoms with Crippen LogP contribution >= 0.6 is 0 Å². The molecule has 3 rings (SSSR count). The fraction of sp³-hybridized carbons (Fsp3) is 0.630. The third-order valence-electron chi connectivity index (χ3n) is 8.37. The van der Waals surface area contributed by atoms with Crippen molar-refractivity contribution in [2.24, 2.45) is 22.7 Å². The molecule has 8 nitrogen and oxygen atoms in total. The third kappa shape index (κ3) is 5.81. The number of ether oxygens (including phenoxy) is 2. The molecule has 2 saturated carbocycles. The Bertz CT molecular complexity index is 890. The van der Waals surface area contributed by atoms with Crippen LogP contribution in [0.5, 0.6) is 5.75 Å². The Kier molecular flexibility index (Phi) is 8.83. The number of amides is 2. The van der Waals surface area contributed by atoms with Crippen LogP contribution < -0.4 is 15.4 Å². The summed E-state index contributed by atoms with van der Waals surface area (Å²) in [6.45, 7) is 8.23. The number of hydrogen-bond acceptors (Lipinski definition) is 6. The summed E-state index contributed by atoms with van der Waals surface area (Å²) < 4.78 is 10.9. The van der Waals surface area contributed by atoms with Crippen LogP contribution in [0, 0.1) is 22.7 Å². The number of benzene rings is 1. The van der Waals surface area contributed by atoms with Gasteiger partial charge in [-0.3, -0.25) is 4.79 Å². The number of carbonyl (C=O) groups is 2. The maximum atomic E-state index is 12.9. The van der Waals surface area contributed by atoms with Gasteiger partial charge < -0.3 is 30.3 Å². The number of alkyl carbamates (subject to hydrolysis) is 1. The van der Waals surface area contributed by atoms with Crippen molar-refractivity contribution in [1.29, 1.82) is 0 Å². The second kappa shape index (κ2) is 11.4. The van der Waals surface area contributed by atoms with Crippen LogP contribution in [0.2, 0.25) is 0 Å². The smallest absolute Gasteiger partial charge is 0.407 e. The van der Waals surface area contributed by atoms with Crippen LogP contribution in [0.25, 0.3) is 0 Å². The normalized spacial score (nSPS) is 32.1. The summed E-state index contributed by atoms with van der Waals surface area (Å²) in [5, 5.41) is 27.0. The van der Waals surface area contributed by atoms with Crippen LogP contribution in [-0.4, -0.2) is 54.7 Å². The van der Waals surface area contributed by atoms with Gasteiger partial charge in [0, 0.05) is 24.9 Å². The van der Waals surface area contributed by atoms with E-state index in [2.05, 4.69) is 24.1 Å². The van der Waals surface area contributed by atoms with Gasteiger partial charge >= 0.3 is 6.09 Å². The van der Waals surface area contributed by atoms with Crippen molar-refractivity contribution in [3.63, 3.8) is 0 Å². The van der Waals surface area contributed by atoms with E-state index in [1.54, 1.807) is 13.2 Å². The average molecular weight is 489 g/mol. The zero-order chi connectivity index (χ0) is 25.6. The molecular formula is C27H40N2O6. The van der Waals surface area contributed by atoms with Gasteiger partial charge in [-0.15, -0.1) is 6.58 Å². The number of hydrogen-bond donors (Lipinski definition) is 4. The van der Waals surface area contributed by atoms with E-state index < -0.39 is 23.7 Å². The molecule has 6 unspecified atom stereocenters. The number of rotatable bonds is 9. The second-order valence-corrected chi connectivity index (χ2v) is 10.4. The molecule has 2 amide bonds. The summed E-state index contributed by atoms with van der Waals surface area (Å²) in [5.41, 5.74) is -0.0757. The Hall–Kier alpha value is -2.58. The number of aliphatic hydroxyl groups excluding tert-OH is 2. The molecule has 35 heavy (non-hydrogen) atoms. The van der Waals surface area contributed by atoms with Crippen LogP contribution in [0.3, 0.4) is 0 Å². The van der Waals surface area contributed by atoms with Crippen molar-refractivity contribution in [2.75, 3.05) is 20.3 Å². The minimum absolute atomic E-state index is 0.00579. The largest absolute Gasteiger partial charge is 0.497 e. The molecule has 1 aromatic rings. The highest BCUT2D eigenvalue weighted by Gasteiger charge is 2.60. The van der Waals surface area contributed by atoms with Crippen LogP contribution in [-0.2, 0) is 16.1 Å². The van der Waals surface area contributed by atoms with E-state index in [-0.39, 0.29) is 36.2 Å². The molecule has 8 heteroatoms. The summed E-state index contributed by atoms with van der Waals surface area (Å²) in [6, 6.07) is 7.52. The number of methoxy groups -OCH3 is 1. The zero-order valence-electron chi connectivity index (χ0n) is 21.1. The van der Waals surface area contributed by atoms with Crippen molar-refractivity contribution < 1.29 is 29.3 Å². The molecule has 0 aliphatic heterocycles. The van der Waals surface area contributed by atoms with Crippen molar-refractivity contribution in [1.82, 2.24) is 10.6 Å². The molecule has 0 spiro atoms. The maximum Gasteiger partial charge on any atom is 0.407 e. The molecule has 2 aliphatic carbocycles. The van der Waals surface area contributed by atoms with Gasteiger partial charge in [0.1, 0.15) is 11.9 Å². The minimum Gasteiger partial charge on any atom is -0.497 e. The minimum atomic E-state index is -0.670. The van der Waals surface area contributed by atoms with E-state index in [4.69, 9.17) is 9.47 Å². The first-order valence-electron chi connectivity index (χ1n) is 12.4. The van der Waals surface area contributed by atoms with E-state index in [0.717, 1.165) is 11.3 Å². The fourth-order valence-corrected chi connectivity index (χ4v) is 6.32. The molecule has 194 valence electrons. The highest BCUT2D eigenvalue weighted by atomic mass is 16.6. The second-order valence-electron chi connectivity index (χ2n) is 10.4. The lowest BCUT2D eigenvalue weighted by Crippen LogP contribution is -2.61. The Morgan fingerprint density at radius 2 is 1.89 bits per heavy atom. The topological polar surface area (TPSA) is 117 Å². The molecule has 2 aliphatic rings. The van der Waals surface area contributed by atoms with Gasteiger partial charge in [-0.2, -0.15) is 0 Å². The van der Waals surface area contributed by atoms with Gasteiger partial charge in [0.15, 0.2) is 0 Å². The summed E-state index contributed by atoms with van der Waals surface area (Å²) in [4.78, 5) is 25.2. The van der Waals surface area contributed by atoms with Crippen molar-refractivity contribution in [3.05, 3.63) is 42.5 Å². The summed E-state index contributed by atoms with van der Waals surface area (Å²) in [7, 11) is 1.61. The summed E-state index contributed by atoms with van der Waals surface area (Å²) in [6.07, 6.45) is 2.71. The maximum absolute atomic E-state index is 12.9. The van der Waals surface area contributed by atoms with Crippen LogP contribution in [0.15, 0.2) is 36.9 Å². The lowest BCUT2D eigenvalue weighted by atomic mass is 9.46. The molecule has 6 atom stereocenters. The van der Waals surface area contributed by atoms with Gasteiger partial charge in [-0.25, -0.2) is 4.79 Å². The van der Waals surface area contributed by atoms with E-state index in [1.165, 1.54) is 0 Å². The molecule has 0 bridgehead atoms. The van der Waals surface area contributed by atoms with Crippen LogP contribution in [0.4, 0.5) is 4.79 Å². The lowest BCUT2D eigenvalue weighted by Gasteiger charge is -2.60. The zero-order valence-corrected chi connectivity index (χ0v) is 21.1. The third-order valence-corrected chi connectivity index (χ3v) is 8.37. The number of aliphatic hydroxyl groups is 2. The molecule has 0 saturated heterocycles. The Morgan fingerprint density at radius 1 is 1.17 bits per heavy atom. The molecule has 0 aromatic heterocycles. The highest BCUT2D eigenvalue weighted by Crippen LogP contribution is 2.61. The quantitative estimate of drug-likeness (QED) is 0.397. The number of carbonyl (C=O) groups excluding carboxylic acids is 2. The first kappa shape index (κ1) is 27.0. The predicted molar refractivity (Wildman–Crippen MR) is 133 cm³/mol. The predicted octanol–water partition coefficient (Wildman–Crippen LogP) is 3.17. The molecule has 4 N–H and O–H groups in total. The van der Waals surface area contributed by atoms with Gasteiger partial charge in [0.2, 0.25) is 5.91 Å². The van der Waals surface area contributed by atoms with Crippen molar-refractivity contribution in [3.8, 4) is 5.75 Å². The number of nitrogens with one attached hydrogen (secondary N) is 2. The van der Waals surface area contributed by atoms with E-state index in [0.29, 0.717) is 38.8 Å². The van der Waals surface area contributed by atoms with Gasteiger partial charge in [0.25, 0.3) is 0 Å². The van der Waals surface area contributed by atoms with E-state index >= 15 is 0 Å². The summed E-state index contributed by atoms with van der Waals surface area (Å²) in [5.74, 6) is 0.390. The van der Waals surface area contributed by atoms with Gasteiger partial charge in [-0.05, 0) is 60.6 Å². The van der Waals surface area contributed by atoms with Crippen molar-refractivity contribution in [2.45, 2.75) is 64.7 Å². The van der Waals surface area contributed by atoms with E-state index in [1.807, 2.05) is 31.2 Å². The van der Waals surface area contributed by atoms with Crippen molar-refractivity contribution >= 4 is 12.0 Å². The number of fused-ring (bicyclic) bond motifs is 1.